The molecule has 2 aromatic rings. The fraction of sp³-hybridized carbons (Fsp3) is 0.0714. The first-order valence-corrected chi connectivity index (χ1v) is 7.96. The lowest BCUT2D eigenvalue weighted by molar-refractivity contribution is 0.100. The molecule has 0 unspecified atom stereocenters. The van der Waals surface area contributed by atoms with Crippen molar-refractivity contribution in [3.63, 3.8) is 0 Å². The highest BCUT2D eigenvalue weighted by Crippen LogP contribution is 2.29. The van der Waals surface area contributed by atoms with Crippen molar-refractivity contribution in [2.75, 3.05) is 11.8 Å². The summed E-state index contributed by atoms with van der Waals surface area (Å²) in [5.41, 5.74) is 5.38. The SMILES string of the molecule is COc1ccc(Cl)cc1S(=O)(=O)Nc1ccccc1C(N)=O. The summed E-state index contributed by atoms with van der Waals surface area (Å²) in [6.45, 7) is 0. The lowest BCUT2D eigenvalue weighted by Gasteiger charge is -2.13. The Balaban J connectivity index is 2.50. The minimum atomic E-state index is -4.00. The number of primary amides is 1. The molecule has 22 heavy (non-hydrogen) atoms. The fourth-order valence-corrected chi connectivity index (χ4v) is 3.36. The van der Waals surface area contributed by atoms with E-state index < -0.39 is 15.9 Å². The Hall–Kier alpha value is -2.25. The Morgan fingerprint density at radius 1 is 1.23 bits per heavy atom. The van der Waals surface area contributed by atoms with Gasteiger partial charge in [0.15, 0.2) is 0 Å². The maximum atomic E-state index is 12.5. The van der Waals surface area contributed by atoms with E-state index in [9.17, 15) is 13.2 Å². The molecule has 0 spiro atoms. The first-order chi connectivity index (χ1) is 10.3. The van der Waals surface area contributed by atoms with Gasteiger partial charge in [-0.1, -0.05) is 23.7 Å². The van der Waals surface area contributed by atoms with Crippen LogP contribution in [0, 0.1) is 0 Å². The second-order valence-electron chi connectivity index (χ2n) is 4.31. The number of halogens is 1. The van der Waals surface area contributed by atoms with Gasteiger partial charge < -0.3 is 10.5 Å². The number of anilines is 1. The summed E-state index contributed by atoms with van der Waals surface area (Å²) in [5.74, 6) is -0.607. The molecule has 0 aromatic heterocycles. The number of methoxy groups -OCH3 is 1. The van der Waals surface area contributed by atoms with Gasteiger partial charge >= 0.3 is 0 Å². The number of carbonyl (C=O) groups is 1. The molecule has 0 bridgehead atoms. The van der Waals surface area contributed by atoms with Crippen LogP contribution < -0.4 is 15.2 Å². The first-order valence-electron chi connectivity index (χ1n) is 6.10. The number of hydrogen-bond donors (Lipinski definition) is 2. The lowest BCUT2D eigenvalue weighted by Crippen LogP contribution is -2.19. The van der Waals surface area contributed by atoms with Crippen LogP contribution in [0.3, 0.4) is 0 Å². The largest absolute Gasteiger partial charge is 0.495 e. The minimum Gasteiger partial charge on any atom is -0.495 e. The molecule has 0 radical (unpaired) electrons. The van der Waals surface area contributed by atoms with Gasteiger partial charge in [-0.15, -0.1) is 0 Å². The number of carbonyl (C=O) groups excluding carboxylic acids is 1. The maximum absolute atomic E-state index is 12.5. The Labute approximate surface area is 132 Å². The van der Waals surface area contributed by atoms with Gasteiger partial charge in [0.1, 0.15) is 10.6 Å². The topological polar surface area (TPSA) is 98.5 Å². The van der Waals surface area contributed by atoms with Crippen molar-refractivity contribution in [2.45, 2.75) is 4.90 Å². The van der Waals surface area contributed by atoms with Crippen LogP contribution in [-0.2, 0) is 10.0 Å². The number of amides is 1. The summed E-state index contributed by atoms with van der Waals surface area (Å²) in [7, 11) is -2.65. The normalized spacial score (nSPS) is 11.0. The van der Waals surface area contributed by atoms with Gasteiger partial charge in [-0.3, -0.25) is 9.52 Å². The third-order valence-electron chi connectivity index (χ3n) is 2.85. The van der Waals surface area contributed by atoms with Crippen molar-refractivity contribution in [3.05, 3.63) is 53.1 Å². The van der Waals surface area contributed by atoms with Gasteiger partial charge in [-0.2, -0.15) is 0 Å². The molecular weight excluding hydrogens is 328 g/mol. The predicted octanol–water partition coefficient (Wildman–Crippen LogP) is 2.25. The molecule has 6 nitrogen and oxygen atoms in total. The number of hydrogen-bond acceptors (Lipinski definition) is 4. The van der Waals surface area contributed by atoms with Crippen LogP contribution in [-0.4, -0.2) is 21.4 Å². The van der Waals surface area contributed by atoms with Crippen LogP contribution >= 0.6 is 11.6 Å². The van der Waals surface area contributed by atoms with Crippen LogP contribution in [0.5, 0.6) is 5.75 Å². The highest BCUT2D eigenvalue weighted by Gasteiger charge is 2.22. The Bertz CT molecular complexity index is 821. The van der Waals surface area contributed by atoms with Gasteiger partial charge in [0.2, 0.25) is 0 Å². The molecule has 0 saturated carbocycles. The Kier molecular flexibility index (Phi) is 4.58. The lowest BCUT2D eigenvalue weighted by atomic mass is 10.2. The summed E-state index contributed by atoms with van der Waals surface area (Å²) in [6, 6.07) is 10.2. The molecule has 2 rings (SSSR count). The third-order valence-corrected chi connectivity index (χ3v) is 4.47. The van der Waals surface area contributed by atoms with E-state index in [1.54, 1.807) is 12.1 Å². The number of para-hydroxylation sites is 1. The van der Waals surface area contributed by atoms with E-state index in [-0.39, 0.29) is 26.9 Å². The fourth-order valence-electron chi connectivity index (χ4n) is 1.85. The predicted molar refractivity (Wildman–Crippen MR) is 83.8 cm³/mol. The number of ether oxygens (including phenoxy) is 1. The summed E-state index contributed by atoms with van der Waals surface area (Å²) in [4.78, 5) is 11.2. The molecule has 8 heteroatoms. The average Bonchev–Trinajstić information content (AvgIpc) is 2.47. The van der Waals surface area contributed by atoms with Crippen molar-refractivity contribution in [1.82, 2.24) is 0 Å². The zero-order valence-electron chi connectivity index (χ0n) is 11.5. The summed E-state index contributed by atoms with van der Waals surface area (Å²) in [6.07, 6.45) is 0. The van der Waals surface area contributed by atoms with E-state index in [0.717, 1.165) is 0 Å². The number of nitrogens with two attached hydrogens (primary N) is 1. The highest BCUT2D eigenvalue weighted by molar-refractivity contribution is 7.92. The molecule has 0 saturated heterocycles. The summed E-state index contributed by atoms with van der Waals surface area (Å²) >= 11 is 5.84. The molecule has 3 N–H and O–H groups in total. The van der Waals surface area contributed by atoms with E-state index in [1.165, 1.54) is 37.4 Å². The van der Waals surface area contributed by atoms with Gasteiger partial charge in [-0.05, 0) is 30.3 Å². The smallest absolute Gasteiger partial charge is 0.265 e. The van der Waals surface area contributed by atoms with Crippen molar-refractivity contribution >= 4 is 33.2 Å². The standard InChI is InChI=1S/C14H13ClN2O4S/c1-21-12-7-6-9(15)8-13(12)22(19,20)17-11-5-3-2-4-10(11)14(16)18/h2-8,17H,1H3,(H2,16,18). The minimum absolute atomic E-state index is 0.0621. The van der Waals surface area contributed by atoms with Crippen LogP contribution in [0.4, 0.5) is 5.69 Å². The second kappa shape index (κ2) is 6.25. The Morgan fingerprint density at radius 3 is 2.55 bits per heavy atom. The first kappa shape index (κ1) is 16.1. The van der Waals surface area contributed by atoms with Crippen molar-refractivity contribution < 1.29 is 17.9 Å². The van der Waals surface area contributed by atoms with E-state index >= 15 is 0 Å². The molecule has 0 atom stereocenters. The van der Waals surface area contributed by atoms with Gasteiger partial charge in [0.05, 0.1) is 18.4 Å². The van der Waals surface area contributed by atoms with Gasteiger partial charge in [0.25, 0.3) is 15.9 Å². The molecule has 1 amide bonds. The molecule has 0 aliphatic heterocycles. The third kappa shape index (κ3) is 3.32. The number of sulfonamides is 1. The molecule has 0 fully saturated rings. The molecule has 0 heterocycles. The summed E-state index contributed by atoms with van der Waals surface area (Å²) < 4.78 is 32.4. The van der Waals surface area contributed by atoms with Crippen LogP contribution in [0.25, 0.3) is 0 Å². The van der Waals surface area contributed by atoms with Gasteiger partial charge in [0, 0.05) is 5.02 Å². The van der Waals surface area contributed by atoms with E-state index in [4.69, 9.17) is 22.1 Å². The monoisotopic (exact) mass is 340 g/mol. The van der Waals surface area contributed by atoms with Crippen molar-refractivity contribution in [3.8, 4) is 5.75 Å². The van der Waals surface area contributed by atoms with Crippen LogP contribution in [0.2, 0.25) is 5.02 Å². The van der Waals surface area contributed by atoms with E-state index in [2.05, 4.69) is 4.72 Å². The zero-order valence-corrected chi connectivity index (χ0v) is 13.1. The quantitative estimate of drug-likeness (QED) is 0.872. The number of rotatable bonds is 5. The molecule has 116 valence electrons. The van der Waals surface area contributed by atoms with Gasteiger partial charge in [-0.25, -0.2) is 8.42 Å². The van der Waals surface area contributed by atoms with E-state index in [1.807, 2.05) is 0 Å². The van der Waals surface area contributed by atoms with Crippen LogP contribution in [0.15, 0.2) is 47.4 Å². The zero-order chi connectivity index (χ0) is 16.3. The molecule has 0 aliphatic rings. The Morgan fingerprint density at radius 2 is 1.91 bits per heavy atom. The average molecular weight is 341 g/mol. The van der Waals surface area contributed by atoms with Crippen molar-refractivity contribution in [2.24, 2.45) is 5.73 Å². The second-order valence-corrected chi connectivity index (χ2v) is 6.40. The maximum Gasteiger partial charge on any atom is 0.265 e. The summed E-state index contributed by atoms with van der Waals surface area (Å²) in [5, 5.41) is 0.240. The molecule has 0 aliphatic carbocycles. The number of benzene rings is 2. The number of nitrogens with one attached hydrogen (secondary N) is 1. The molecule has 2 aromatic carbocycles. The molecular formula is C14H13ClN2O4S. The van der Waals surface area contributed by atoms with Crippen LogP contribution in [0.1, 0.15) is 10.4 Å². The highest BCUT2D eigenvalue weighted by atomic mass is 35.5. The van der Waals surface area contributed by atoms with E-state index in [0.29, 0.717) is 0 Å². The van der Waals surface area contributed by atoms with Crippen molar-refractivity contribution in [1.29, 1.82) is 0 Å².